The van der Waals surface area contributed by atoms with E-state index in [4.69, 9.17) is 4.42 Å². The molecule has 0 bridgehead atoms. The van der Waals surface area contributed by atoms with Gasteiger partial charge in [0.15, 0.2) is 6.20 Å². The molecule has 0 saturated heterocycles. The quantitative estimate of drug-likeness (QED) is 0.358. The Morgan fingerprint density at radius 3 is 2.14 bits per heavy atom. The summed E-state index contributed by atoms with van der Waals surface area (Å²) in [5.41, 5.74) is 8.40. The number of hydrogen-bond acceptors (Lipinski definition) is 1. The first kappa shape index (κ1) is 18.2. The minimum atomic E-state index is -0.176. The molecule has 146 valence electrons. The molecule has 1 aliphatic rings. The number of benzene rings is 2. The predicted molar refractivity (Wildman–Crippen MR) is 118 cm³/mol. The van der Waals surface area contributed by atoms with E-state index >= 15 is 0 Å². The fourth-order valence-corrected chi connectivity index (χ4v) is 5.25. The van der Waals surface area contributed by atoms with Crippen LogP contribution in [0.25, 0.3) is 22.2 Å². The molecule has 0 N–H and O–H groups in total. The molecule has 0 radical (unpaired) electrons. The van der Waals surface area contributed by atoms with Gasteiger partial charge in [0.25, 0.3) is 0 Å². The van der Waals surface area contributed by atoms with Gasteiger partial charge >= 0.3 is 0 Å². The fraction of sp³-hybridized carbons (Fsp3) is 0.296. The lowest BCUT2D eigenvalue weighted by Crippen LogP contribution is -2.35. The molecule has 2 heterocycles. The second kappa shape index (κ2) is 5.82. The van der Waals surface area contributed by atoms with Crippen molar-refractivity contribution in [3.63, 3.8) is 0 Å². The van der Waals surface area contributed by atoms with Crippen LogP contribution >= 0.6 is 0 Å². The van der Waals surface area contributed by atoms with Crippen molar-refractivity contribution in [1.82, 2.24) is 0 Å². The summed E-state index contributed by atoms with van der Waals surface area (Å²) in [6.07, 6.45) is 2.10. The third-order valence-corrected chi connectivity index (χ3v) is 6.84. The van der Waals surface area contributed by atoms with Crippen molar-refractivity contribution in [2.75, 3.05) is 0 Å². The Bertz CT molecular complexity index is 1270. The molecule has 2 aromatic carbocycles. The molecule has 0 fully saturated rings. The average Bonchev–Trinajstić information content (AvgIpc) is 3.09. The highest BCUT2D eigenvalue weighted by molar-refractivity contribution is 5.97. The number of pyridine rings is 1. The van der Waals surface area contributed by atoms with Crippen LogP contribution in [0.4, 0.5) is 0 Å². The summed E-state index contributed by atoms with van der Waals surface area (Å²) in [7, 11) is 2.10. The van der Waals surface area contributed by atoms with E-state index in [1.165, 1.54) is 38.9 Å². The van der Waals surface area contributed by atoms with Crippen molar-refractivity contribution in [3.05, 3.63) is 88.8 Å². The van der Waals surface area contributed by atoms with E-state index in [-0.39, 0.29) is 10.8 Å². The van der Waals surface area contributed by atoms with Crippen LogP contribution in [0.2, 0.25) is 0 Å². The van der Waals surface area contributed by atoms with Crippen LogP contribution in [0.5, 0.6) is 0 Å². The van der Waals surface area contributed by atoms with E-state index in [1.54, 1.807) is 0 Å². The van der Waals surface area contributed by atoms with Crippen molar-refractivity contribution in [3.8, 4) is 11.3 Å². The lowest BCUT2D eigenvalue weighted by Gasteiger charge is -2.40. The molecule has 29 heavy (non-hydrogen) atoms. The van der Waals surface area contributed by atoms with Gasteiger partial charge in [0.1, 0.15) is 18.4 Å². The first-order valence-corrected chi connectivity index (χ1v) is 10.4. The van der Waals surface area contributed by atoms with E-state index in [0.717, 1.165) is 11.3 Å². The lowest BCUT2D eigenvalue weighted by atomic mass is 9.62. The number of aromatic nitrogens is 1. The normalized spacial score (nSPS) is 16.5. The van der Waals surface area contributed by atoms with Crippen LogP contribution in [-0.4, -0.2) is 0 Å². The summed E-state index contributed by atoms with van der Waals surface area (Å²) in [6, 6.07) is 19.7. The molecular weight excluding hydrogens is 354 g/mol. The van der Waals surface area contributed by atoms with Crippen molar-refractivity contribution >= 4 is 11.0 Å². The highest BCUT2D eigenvalue weighted by Crippen LogP contribution is 2.54. The second-order valence-electron chi connectivity index (χ2n) is 9.43. The maximum atomic E-state index is 6.81. The molecule has 0 atom stereocenters. The Morgan fingerprint density at radius 1 is 0.793 bits per heavy atom. The smallest absolute Gasteiger partial charge is 0.216 e. The summed E-state index contributed by atoms with van der Waals surface area (Å²) in [6.45, 7) is 11.4. The highest BCUT2D eigenvalue weighted by atomic mass is 16.3. The van der Waals surface area contributed by atoms with Crippen LogP contribution in [0.1, 0.15) is 55.7 Å². The number of hydrogen-bond donors (Lipinski definition) is 0. The monoisotopic (exact) mass is 382 g/mol. The van der Waals surface area contributed by atoms with E-state index in [0.29, 0.717) is 0 Å². The van der Waals surface area contributed by atoms with Gasteiger partial charge in [-0.2, -0.15) is 0 Å². The van der Waals surface area contributed by atoms with E-state index in [1.807, 2.05) is 0 Å². The minimum absolute atomic E-state index is 0.113. The summed E-state index contributed by atoms with van der Waals surface area (Å²) in [4.78, 5) is 0. The molecule has 0 spiro atoms. The van der Waals surface area contributed by atoms with Crippen molar-refractivity contribution in [1.29, 1.82) is 0 Å². The summed E-state index contributed by atoms with van der Waals surface area (Å²) >= 11 is 0. The molecule has 4 aromatic rings. The average molecular weight is 383 g/mol. The van der Waals surface area contributed by atoms with Gasteiger partial charge in [0.2, 0.25) is 5.69 Å². The van der Waals surface area contributed by atoms with Crippen molar-refractivity contribution in [2.24, 2.45) is 7.05 Å². The van der Waals surface area contributed by atoms with Crippen molar-refractivity contribution in [2.45, 2.75) is 45.4 Å². The minimum Gasteiger partial charge on any atom is -0.459 e. The molecule has 2 heteroatoms. The topological polar surface area (TPSA) is 17.0 Å². The Labute approximate surface area is 172 Å². The van der Waals surface area contributed by atoms with Gasteiger partial charge in [0, 0.05) is 33.9 Å². The predicted octanol–water partition coefficient (Wildman–Crippen LogP) is 6.20. The fourth-order valence-electron chi connectivity index (χ4n) is 5.25. The Kier molecular flexibility index (Phi) is 3.65. The molecule has 0 aliphatic heterocycles. The lowest BCUT2D eigenvalue weighted by molar-refractivity contribution is -0.660. The number of rotatable bonds is 1. The van der Waals surface area contributed by atoms with Gasteiger partial charge in [-0.15, -0.1) is 0 Å². The van der Waals surface area contributed by atoms with Crippen LogP contribution in [-0.2, 0) is 17.9 Å². The number of nitrogens with zero attached hydrogens (tertiary/aromatic N) is 1. The Balaban J connectivity index is 1.93. The highest BCUT2D eigenvalue weighted by Gasteiger charge is 2.46. The maximum Gasteiger partial charge on any atom is 0.216 e. The molecule has 1 aliphatic carbocycles. The Hall–Kier alpha value is -2.87. The first-order chi connectivity index (χ1) is 13.7. The molecule has 2 nitrogen and oxygen atoms in total. The van der Waals surface area contributed by atoms with E-state index in [9.17, 15) is 0 Å². The molecule has 0 amide bonds. The largest absolute Gasteiger partial charge is 0.459 e. The third-order valence-electron chi connectivity index (χ3n) is 6.84. The second-order valence-corrected chi connectivity index (χ2v) is 9.43. The van der Waals surface area contributed by atoms with Gasteiger partial charge in [-0.25, -0.2) is 4.57 Å². The summed E-state index contributed by atoms with van der Waals surface area (Å²) < 4.78 is 8.98. The van der Waals surface area contributed by atoms with E-state index in [2.05, 4.69) is 107 Å². The van der Waals surface area contributed by atoms with Gasteiger partial charge < -0.3 is 4.42 Å². The molecule has 5 rings (SSSR count). The van der Waals surface area contributed by atoms with Crippen LogP contribution in [0.3, 0.4) is 0 Å². The molecule has 2 aromatic heterocycles. The van der Waals surface area contributed by atoms with Crippen LogP contribution in [0, 0.1) is 6.92 Å². The third kappa shape index (κ3) is 2.32. The standard InChI is InChI=1S/C27H28NO/c1-17-14-15-18-23-25(29-24(18)22(17)21-13-9-10-16-28(21)6)27(4,5)20-12-8-7-11-19(20)26(23,2)3/h7-16H,1-6H3/q+1. The van der Waals surface area contributed by atoms with Crippen molar-refractivity contribution < 1.29 is 8.98 Å². The number of aryl methyl sites for hydroxylation is 2. The van der Waals surface area contributed by atoms with Crippen LogP contribution in [0.15, 0.2) is 65.2 Å². The summed E-state index contributed by atoms with van der Waals surface area (Å²) in [5, 5.41) is 1.23. The van der Waals surface area contributed by atoms with E-state index < -0.39 is 0 Å². The van der Waals surface area contributed by atoms with Crippen LogP contribution < -0.4 is 4.57 Å². The molecular formula is C27H28NO+. The molecule has 0 saturated carbocycles. The van der Waals surface area contributed by atoms with Gasteiger partial charge in [-0.1, -0.05) is 50.2 Å². The zero-order chi connectivity index (χ0) is 20.6. The number of fused-ring (bicyclic) bond motifs is 4. The zero-order valence-corrected chi connectivity index (χ0v) is 18.1. The zero-order valence-electron chi connectivity index (χ0n) is 18.1. The molecule has 0 unspecified atom stereocenters. The SMILES string of the molecule is Cc1ccc2c3c(oc2c1-c1cccc[n+]1C)C(C)(C)c1ccccc1C3(C)C. The maximum absolute atomic E-state index is 6.81. The number of furan rings is 1. The van der Waals surface area contributed by atoms with Gasteiger partial charge in [-0.3, -0.25) is 0 Å². The van der Waals surface area contributed by atoms with Gasteiger partial charge in [-0.05, 0) is 43.5 Å². The van der Waals surface area contributed by atoms with Gasteiger partial charge in [0.05, 0.1) is 5.56 Å². The Morgan fingerprint density at radius 2 is 1.45 bits per heavy atom. The first-order valence-electron chi connectivity index (χ1n) is 10.4. The summed E-state index contributed by atoms with van der Waals surface area (Å²) in [5.74, 6) is 1.10.